The predicted molar refractivity (Wildman–Crippen MR) is 121 cm³/mol. The van der Waals surface area contributed by atoms with Gasteiger partial charge in [0, 0.05) is 59.0 Å². The van der Waals surface area contributed by atoms with Crippen LogP contribution < -0.4 is 0 Å². The lowest BCUT2D eigenvalue weighted by molar-refractivity contribution is 0.0714. The third-order valence-corrected chi connectivity index (χ3v) is 5.56. The van der Waals surface area contributed by atoms with E-state index in [-0.39, 0.29) is 11.8 Å². The van der Waals surface area contributed by atoms with Crippen molar-refractivity contribution < 1.29 is 9.59 Å². The summed E-state index contributed by atoms with van der Waals surface area (Å²) >= 11 is 12.0. The minimum atomic E-state index is -0.150. The summed E-state index contributed by atoms with van der Waals surface area (Å²) in [6, 6.07) is 14.5. The van der Waals surface area contributed by atoms with Crippen molar-refractivity contribution in [3.05, 3.63) is 70.0 Å². The van der Waals surface area contributed by atoms with Gasteiger partial charge in [-0.05, 0) is 36.4 Å². The molecule has 2 N–H and O–H groups in total. The molecule has 154 valence electrons. The second kappa shape index (κ2) is 8.05. The molecule has 4 aromatic rings. The SMILES string of the molecule is CN(CCN(C)C(=O)c1cc2ccc(Cl)cc2[nH]1)C(=O)c1cc2ccc(Cl)cc2[nH]1. The highest BCUT2D eigenvalue weighted by molar-refractivity contribution is 6.31. The number of carbonyl (C=O) groups excluding carboxylic acids is 2. The molecule has 0 saturated carbocycles. The van der Waals surface area contributed by atoms with E-state index in [1.807, 2.05) is 12.1 Å². The molecule has 0 spiro atoms. The van der Waals surface area contributed by atoms with Gasteiger partial charge in [-0.25, -0.2) is 0 Å². The molecule has 0 aliphatic rings. The molecule has 2 aromatic heterocycles. The summed E-state index contributed by atoms with van der Waals surface area (Å²) in [6.07, 6.45) is 0. The molecule has 2 heterocycles. The first-order chi connectivity index (χ1) is 14.3. The van der Waals surface area contributed by atoms with Crippen LogP contribution in [0.25, 0.3) is 21.8 Å². The van der Waals surface area contributed by atoms with Crippen molar-refractivity contribution >= 4 is 56.8 Å². The van der Waals surface area contributed by atoms with Crippen molar-refractivity contribution in [2.75, 3.05) is 27.2 Å². The smallest absolute Gasteiger partial charge is 0.270 e. The van der Waals surface area contributed by atoms with Gasteiger partial charge in [-0.3, -0.25) is 9.59 Å². The van der Waals surface area contributed by atoms with E-state index in [0.29, 0.717) is 34.5 Å². The minimum Gasteiger partial charge on any atom is -0.350 e. The summed E-state index contributed by atoms with van der Waals surface area (Å²) in [5.41, 5.74) is 2.59. The van der Waals surface area contributed by atoms with E-state index in [1.165, 1.54) is 0 Å². The number of aromatic nitrogens is 2. The molecule has 0 aliphatic carbocycles. The van der Waals surface area contributed by atoms with Crippen molar-refractivity contribution in [3.63, 3.8) is 0 Å². The fourth-order valence-corrected chi connectivity index (χ4v) is 3.69. The van der Waals surface area contributed by atoms with Crippen LogP contribution in [0.2, 0.25) is 10.0 Å². The zero-order chi connectivity index (χ0) is 21.4. The number of fused-ring (bicyclic) bond motifs is 2. The fraction of sp³-hybridized carbons (Fsp3) is 0.182. The van der Waals surface area contributed by atoms with Crippen LogP contribution in [0.4, 0.5) is 0 Å². The number of halogens is 2. The van der Waals surface area contributed by atoms with E-state index >= 15 is 0 Å². The molecule has 0 bridgehead atoms. The minimum absolute atomic E-state index is 0.150. The highest BCUT2D eigenvalue weighted by Gasteiger charge is 2.18. The van der Waals surface area contributed by atoms with E-state index in [2.05, 4.69) is 9.97 Å². The zero-order valence-electron chi connectivity index (χ0n) is 16.5. The van der Waals surface area contributed by atoms with Crippen LogP contribution in [0, 0.1) is 0 Å². The fourth-order valence-electron chi connectivity index (χ4n) is 3.34. The zero-order valence-corrected chi connectivity index (χ0v) is 18.0. The van der Waals surface area contributed by atoms with Crippen molar-refractivity contribution in [2.24, 2.45) is 0 Å². The van der Waals surface area contributed by atoms with Gasteiger partial charge >= 0.3 is 0 Å². The van der Waals surface area contributed by atoms with Crippen LogP contribution in [0.15, 0.2) is 48.5 Å². The van der Waals surface area contributed by atoms with Gasteiger partial charge in [-0.15, -0.1) is 0 Å². The maximum atomic E-state index is 12.7. The summed E-state index contributed by atoms with van der Waals surface area (Å²) in [6.45, 7) is 0.784. The van der Waals surface area contributed by atoms with Crippen molar-refractivity contribution in [2.45, 2.75) is 0 Å². The Kier molecular flexibility index (Phi) is 5.45. The molecule has 4 rings (SSSR count). The molecule has 0 unspecified atom stereocenters. The van der Waals surface area contributed by atoms with Crippen LogP contribution in [0.5, 0.6) is 0 Å². The van der Waals surface area contributed by atoms with Gasteiger partial charge in [0.1, 0.15) is 11.4 Å². The predicted octanol–water partition coefficient (Wildman–Crippen LogP) is 4.80. The molecule has 0 aliphatic heterocycles. The Morgan fingerprint density at radius 2 is 1.13 bits per heavy atom. The second-order valence-electron chi connectivity index (χ2n) is 7.28. The summed E-state index contributed by atoms with van der Waals surface area (Å²) in [5, 5.41) is 3.05. The number of hydrogen-bond acceptors (Lipinski definition) is 2. The quantitative estimate of drug-likeness (QED) is 0.465. The van der Waals surface area contributed by atoms with Gasteiger partial charge in [0.25, 0.3) is 11.8 Å². The largest absolute Gasteiger partial charge is 0.350 e. The average molecular weight is 443 g/mol. The molecule has 2 amide bonds. The Hall–Kier alpha value is -2.96. The van der Waals surface area contributed by atoms with E-state index in [0.717, 1.165) is 21.8 Å². The van der Waals surface area contributed by atoms with Gasteiger partial charge in [0.05, 0.1) is 0 Å². The highest BCUT2D eigenvalue weighted by Crippen LogP contribution is 2.22. The van der Waals surface area contributed by atoms with Crippen LogP contribution in [0.3, 0.4) is 0 Å². The van der Waals surface area contributed by atoms with Crippen LogP contribution in [-0.4, -0.2) is 58.8 Å². The average Bonchev–Trinajstić information content (AvgIpc) is 3.33. The summed E-state index contributed by atoms with van der Waals surface area (Å²) < 4.78 is 0. The Morgan fingerprint density at radius 3 is 1.53 bits per heavy atom. The van der Waals surface area contributed by atoms with Crippen molar-refractivity contribution in [1.82, 2.24) is 19.8 Å². The number of carbonyl (C=O) groups is 2. The number of H-pyrrole nitrogens is 2. The first-order valence-corrected chi connectivity index (χ1v) is 10.1. The van der Waals surface area contributed by atoms with Gasteiger partial charge < -0.3 is 19.8 Å². The molecule has 0 atom stereocenters. The number of benzene rings is 2. The molecule has 30 heavy (non-hydrogen) atoms. The Labute approximate surface area is 183 Å². The number of amides is 2. The topological polar surface area (TPSA) is 72.2 Å². The number of nitrogens with zero attached hydrogens (tertiary/aromatic N) is 2. The number of rotatable bonds is 5. The molecule has 2 aromatic carbocycles. The van der Waals surface area contributed by atoms with Crippen LogP contribution >= 0.6 is 23.2 Å². The van der Waals surface area contributed by atoms with Gasteiger partial charge in [0.15, 0.2) is 0 Å². The maximum absolute atomic E-state index is 12.7. The molecule has 0 radical (unpaired) electrons. The number of nitrogens with one attached hydrogen (secondary N) is 2. The maximum Gasteiger partial charge on any atom is 0.270 e. The van der Waals surface area contributed by atoms with E-state index in [1.54, 1.807) is 60.3 Å². The third-order valence-electron chi connectivity index (χ3n) is 5.09. The van der Waals surface area contributed by atoms with Gasteiger partial charge in [0.2, 0.25) is 0 Å². The molecular formula is C22H20Cl2N4O2. The van der Waals surface area contributed by atoms with Crippen molar-refractivity contribution in [3.8, 4) is 0 Å². The molecule has 0 fully saturated rings. The van der Waals surface area contributed by atoms with Gasteiger partial charge in [-0.1, -0.05) is 35.3 Å². The second-order valence-corrected chi connectivity index (χ2v) is 8.16. The first kappa shape index (κ1) is 20.3. The Bertz CT molecular complexity index is 1160. The van der Waals surface area contributed by atoms with E-state index in [4.69, 9.17) is 23.2 Å². The number of likely N-dealkylation sites (N-methyl/N-ethyl adjacent to an activating group) is 2. The molecule has 8 heteroatoms. The van der Waals surface area contributed by atoms with Crippen LogP contribution in [0.1, 0.15) is 21.0 Å². The molecular weight excluding hydrogens is 423 g/mol. The Morgan fingerprint density at radius 1 is 0.733 bits per heavy atom. The van der Waals surface area contributed by atoms with E-state index in [9.17, 15) is 9.59 Å². The molecule has 6 nitrogen and oxygen atoms in total. The van der Waals surface area contributed by atoms with Gasteiger partial charge in [-0.2, -0.15) is 0 Å². The van der Waals surface area contributed by atoms with Crippen molar-refractivity contribution in [1.29, 1.82) is 0 Å². The summed E-state index contributed by atoms with van der Waals surface area (Å²) in [7, 11) is 3.42. The normalized spacial score (nSPS) is 11.2. The first-order valence-electron chi connectivity index (χ1n) is 9.39. The molecule has 0 saturated heterocycles. The van der Waals surface area contributed by atoms with E-state index < -0.39 is 0 Å². The Balaban J connectivity index is 1.40. The lowest BCUT2D eigenvalue weighted by atomic mass is 10.2. The number of aromatic amines is 2. The van der Waals surface area contributed by atoms with Crippen LogP contribution in [-0.2, 0) is 0 Å². The summed E-state index contributed by atoms with van der Waals surface area (Å²) in [4.78, 5) is 34.9. The lowest BCUT2D eigenvalue weighted by Gasteiger charge is -2.21. The number of hydrogen-bond donors (Lipinski definition) is 2. The standard InChI is InChI=1S/C22H20Cl2N4O2/c1-27(21(29)19-9-13-3-5-15(23)11-17(13)25-19)7-8-28(2)22(30)20-10-14-4-6-16(24)12-18(14)26-20/h3-6,9-12,25-26H,7-8H2,1-2H3. The lowest BCUT2D eigenvalue weighted by Crippen LogP contribution is -2.37. The monoisotopic (exact) mass is 442 g/mol. The summed E-state index contributed by atoms with van der Waals surface area (Å²) in [5.74, 6) is -0.299. The third kappa shape index (κ3) is 4.01. The highest BCUT2D eigenvalue weighted by atomic mass is 35.5.